The molecule has 2 rings (SSSR count). The van der Waals surface area contributed by atoms with Crippen LogP contribution in [0.25, 0.3) is 0 Å². The third-order valence-corrected chi connectivity index (χ3v) is 4.11. The summed E-state index contributed by atoms with van der Waals surface area (Å²) in [5, 5.41) is 3.07. The highest BCUT2D eigenvalue weighted by molar-refractivity contribution is 9.11. The molecule has 0 aliphatic rings. The van der Waals surface area contributed by atoms with Crippen LogP contribution in [0.4, 0.5) is 11.4 Å². The molecule has 0 saturated carbocycles. The van der Waals surface area contributed by atoms with Crippen molar-refractivity contribution in [2.24, 2.45) is 0 Å². The summed E-state index contributed by atoms with van der Waals surface area (Å²) in [5.41, 5.74) is 6.63. The second-order valence-electron chi connectivity index (χ2n) is 4.13. The van der Waals surface area contributed by atoms with Crippen molar-refractivity contribution in [1.82, 2.24) is 0 Å². The van der Waals surface area contributed by atoms with E-state index >= 15 is 0 Å². The SMILES string of the molecule is Nc1ccc(Cl)c(NC(=O)COc2c(Br)cccc2Br)c1. The maximum atomic E-state index is 11.9. The van der Waals surface area contributed by atoms with Gasteiger partial charge in [0, 0.05) is 5.69 Å². The molecule has 4 nitrogen and oxygen atoms in total. The van der Waals surface area contributed by atoms with E-state index in [1.807, 2.05) is 18.2 Å². The molecule has 0 fully saturated rings. The van der Waals surface area contributed by atoms with Crippen molar-refractivity contribution in [2.45, 2.75) is 0 Å². The van der Waals surface area contributed by atoms with Crippen molar-refractivity contribution in [3.8, 4) is 5.75 Å². The van der Waals surface area contributed by atoms with E-state index in [2.05, 4.69) is 37.2 Å². The van der Waals surface area contributed by atoms with Crippen LogP contribution in [-0.2, 0) is 4.79 Å². The number of nitrogens with two attached hydrogens (primary N) is 1. The first-order chi connectivity index (χ1) is 9.97. The standard InChI is InChI=1S/C14H11Br2ClN2O2/c15-9-2-1-3-10(16)14(9)21-7-13(20)19-12-6-8(18)4-5-11(12)17/h1-6H,7,18H2,(H,19,20). The number of nitrogens with one attached hydrogen (secondary N) is 1. The zero-order chi connectivity index (χ0) is 15.4. The van der Waals surface area contributed by atoms with Crippen LogP contribution < -0.4 is 15.8 Å². The van der Waals surface area contributed by atoms with Crippen LogP contribution in [0.2, 0.25) is 5.02 Å². The Morgan fingerprint density at radius 2 is 1.90 bits per heavy atom. The van der Waals surface area contributed by atoms with E-state index in [0.717, 1.165) is 8.95 Å². The van der Waals surface area contributed by atoms with Crippen molar-refractivity contribution in [2.75, 3.05) is 17.7 Å². The van der Waals surface area contributed by atoms with E-state index < -0.39 is 0 Å². The number of anilines is 2. The number of benzene rings is 2. The summed E-state index contributed by atoms with van der Waals surface area (Å²) >= 11 is 12.7. The smallest absolute Gasteiger partial charge is 0.262 e. The third-order valence-electron chi connectivity index (χ3n) is 2.53. The molecule has 0 aliphatic carbocycles. The van der Waals surface area contributed by atoms with Crippen LogP contribution in [0.15, 0.2) is 45.3 Å². The van der Waals surface area contributed by atoms with E-state index in [1.165, 1.54) is 0 Å². The van der Waals surface area contributed by atoms with Crippen LogP contribution in [0.3, 0.4) is 0 Å². The number of hydrogen-bond acceptors (Lipinski definition) is 3. The van der Waals surface area contributed by atoms with E-state index in [1.54, 1.807) is 18.2 Å². The molecule has 21 heavy (non-hydrogen) atoms. The fraction of sp³-hybridized carbons (Fsp3) is 0.0714. The molecule has 0 bridgehead atoms. The van der Waals surface area contributed by atoms with E-state index in [-0.39, 0.29) is 12.5 Å². The first-order valence-corrected chi connectivity index (χ1v) is 7.85. The Hall–Kier alpha value is -1.24. The lowest BCUT2D eigenvalue weighted by Crippen LogP contribution is -2.20. The molecule has 1 amide bonds. The molecule has 0 aliphatic heterocycles. The van der Waals surface area contributed by atoms with Crippen LogP contribution in [-0.4, -0.2) is 12.5 Å². The van der Waals surface area contributed by atoms with Gasteiger partial charge >= 0.3 is 0 Å². The van der Waals surface area contributed by atoms with Gasteiger partial charge in [-0.2, -0.15) is 0 Å². The van der Waals surface area contributed by atoms with E-state index in [9.17, 15) is 4.79 Å². The normalized spacial score (nSPS) is 10.2. The first kappa shape index (κ1) is 16.1. The highest BCUT2D eigenvalue weighted by atomic mass is 79.9. The van der Waals surface area contributed by atoms with Gasteiger partial charge in [-0.1, -0.05) is 17.7 Å². The van der Waals surface area contributed by atoms with Crippen LogP contribution in [0.5, 0.6) is 5.75 Å². The Kier molecular flexibility index (Phi) is 5.50. The summed E-state index contributed by atoms with van der Waals surface area (Å²) in [5.74, 6) is 0.233. The lowest BCUT2D eigenvalue weighted by Gasteiger charge is -2.11. The highest BCUT2D eigenvalue weighted by Gasteiger charge is 2.10. The monoisotopic (exact) mass is 432 g/mol. The first-order valence-electron chi connectivity index (χ1n) is 5.89. The van der Waals surface area contributed by atoms with E-state index in [0.29, 0.717) is 22.1 Å². The Morgan fingerprint density at radius 1 is 1.24 bits per heavy atom. The minimum atomic E-state index is -0.329. The molecule has 0 aromatic heterocycles. The Balaban J connectivity index is 2.01. The molecule has 2 aromatic rings. The number of halogens is 3. The summed E-state index contributed by atoms with van der Waals surface area (Å²) in [6.07, 6.45) is 0. The van der Waals surface area contributed by atoms with Gasteiger partial charge in [0.05, 0.1) is 19.7 Å². The number of para-hydroxylation sites is 1. The predicted molar refractivity (Wildman–Crippen MR) is 91.8 cm³/mol. The minimum absolute atomic E-state index is 0.146. The lowest BCUT2D eigenvalue weighted by molar-refractivity contribution is -0.118. The maximum absolute atomic E-state index is 11.9. The fourth-order valence-corrected chi connectivity index (χ4v) is 2.98. The van der Waals surface area contributed by atoms with Gasteiger partial charge in [-0.05, 0) is 62.2 Å². The van der Waals surface area contributed by atoms with Gasteiger partial charge in [0.25, 0.3) is 5.91 Å². The van der Waals surface area contributed by atoms with Crippen LogP contribution in [0.1, 0.15) is 0 Å². The molecule has 0 heterocycles. The molecular weight excluding hydrogens is 423 g/mol. The van der Waals surface area contributed by atoms with Gasteiger partial charge < -0.3 is 15.8 Å². The molecule has 2 aromatic carbocycles. The summed E-state index contributed by atoms with van der Waals surface area (Å²) in [7, 11) is 0. The summed E-state index contributed by atoms with van der Waals surface area (Å²) in [4.78, 5) is 11.9. The Bertz CT molecular complexity index is 660. The molecular formula is C14H11Br2ClN2O2. The Labute approximate surface area is 143 Å². The van der Waals surface area contributed by atoms with Gasteiger partial charge in [0.15, 0.2) is 6.61 Å². The lowest BCUT2D eigenvalue weighted by atomic mass is 10.3. The summed E-state index contributed by atoms with van der Waals surface area (Å²) in [6.45, 7) is -0.146. The van der Waals surface area contributed by atoms with Crippen molar-refractivity contribution in [3.05, 3.63) is 50.4 Å². The number of nitrogen functional groups attached to an aromatic ring is 1. The van der Waals surface area contributed by atoms with Gasteiger partial charge in [-0.15, -0.1) is 0 Å². The number of amides is 1. The topological polar surface area (TPSA) is 64.3 Å². The summed E-state index contributed by atoms with van der Waals surface area (Å²) in [6, 6.07) is 10.4. The van der Waals surface area contributed by atoms with Crippen LogP contribution >= 0.6 is 43.5 Å². The molecule has 0 unspecified atom stereocenters. The highest BCUT2D eigenvalue weighted by Crippen LogP contribution is 2.33. The third kappa shape index (κ3) is 4.36. The zero-order valence-corrected chi connectivity index (χ0v) is 14.6. The second-order valence-corrected chi connectivity index (χ2v) is 6.24. The van der Waals surface area contributed by atoms with Gasteiger partial charge in [-0.25, -0.2) is 0 Å². The number of rotatable bonds is 4. The molecule has 3 N–H and O–H groups in total. The number of carbonyl (C=O) groups is 1. The molecule has 110 valence electrons. The molecule has 0 radical (unpaired) electrons. The average Bonchev–Trinajstić information content (AvgIpc) is 2.42. The quantitative estimate of drug-likeness (QED) is 0.698. The average molecular weight is 435 g/mol. The number of carbonyl (C=O) groups excluding carboxylic acids is 1. The fourth-order valence-electron chi connectivity index (χ4n) is 1.58. The van der Waals surface area contributed by atoms with Gasteiger partial charge in [0.1, 0.15) is 5.75 Å². The Morgan fingerprint density at radius 3 is 2.57 bits per heavy atom. The molecule has 0 atom stereocenters. The predicted octanol–water partition coefficient (Wildman–Crippen LogP) is 4.46. The zero-order valence-electron chi connectivity index (χ0n) is 10.7. The maximum Gasteiger partial charge on any atom is 0.262 e. The van der Waals surface area contributed by atoms with Gasteiger partial charge in [0.2, 0.25) is 0 Å². The second kappa shape index (κ2) is 7.15. The molecule has 0 saturated heterocycles. The van der Waals surface area contributed by atoms with Gasteiger partial charge in [-0.3, -0.25) is 4.79 Å². The molecule has 7 heteroatoms. The van der Waals surface area contributed by atoms with Crippen molar-refractivity contribution in [3.63, 3.8) is 0 Å². The minimum Gasteiger partial charge on any atom is -0.481 e. The number of ether oxygens (including phenoxy) is 1. The summed E-state index contributed by atoms with van der Waals surface area (Å²) < 4.78 is 7.00. The van der Waals surface area contributed by atoms with Crippen molar-refractivity contribution in [1.29, 1.82) is 0 Å². The van der Waals surface area contributed by atoms with Crippen LogP contribution in [0, 0.1) is 0 Å². The van der Waals surface area contributed by atoms with Crippen molar-refractivity contribution >= 4 is 60.7 Å². The van der Waals surface area contributed by atoms with E-state index in [4.69, 9.17) is 22.1 Å². The molecule has 0 spiro atoms. The largest absolute Gasteiger partial charge is 0.481 e. The number of hydrogen-bond donors (Lipinski definition) is 2. The van der Waals surface area contributed by atoms with Crippen molar-refractivity contribution < 1.29 is 9.53 Å².